The van der Waals surface area contributed by atoms with E-state index in [1.165, 1.54) is 11.3 Å². The zero-order valence-electron chi connectivity index (χ0n) is 7.70. The molecule has 0 radical (unpaired) electrons. The summed E-state index contributed by atoms with van der Waals surface area (Å²) in [4.78, 5) is 11.5. The molecule has 1 atom stereocenters. The van der Waals surface area contributed by atoms with Gasteiger partial charge in [-0.2, -0.15) is 11.3 Å². The highest BCUT2D eigenvalue weighted by molar-refractivity contribution is 7.08. The van der Waals surface area contributed by atoms with Gasteiger partial charge in [0.15, 0.2) is 0 Å². The summed E-state index contributed by atoms with van der Waals surface area (Å²) in [6.07, 6.45) is 0. The molecule has 1 rings (SSSR count). The van der Waals surface area contributed by atoms with Crippen LogP contribution in [-0.2, 0) is 0 Å². The normalized spacial score (nSPS) is 12.5. The van der Waals surface area contributed by atoms with Gasteiger partial charge in [0, 0.05) is 11.4 Å². The van der Waals surface area contributed by atoms with Crippen LogP contribution in [0.1, 0.15) is 22.8 Å². The third-order valence-corrected chi connectivity index (χ3v) is 2.61. The second-order valence-electron chi connectivity index (χ2n) is 3.03. The van der Waals surface area contributed by atoms with E-state index in [1.54, 1.807) is 6.92 Å². The van der Waals surface area contributed by atoms with Crippen LogP contribution in [0.4, 0.5) is 0 Å². The summed E-state index contributed by atoms with van der Waals surface area (Å²) < 4.78 is 0. The minimum atomic E-state index is -0.188. The number of thiophene rings is 1. The van der Waals surface area contributed by atoms with Crippen molar-refractivity contribution in [3.63, 3.8) is 0 Å². The van der Waals surface area contributed by atoms with E-state index in [-0.39, 0.29) is 18.6 Å². The molecule has 3 nitrogen and oxygen atoms in total. The molecule has 13 heavy (non-hydrogen) atoms. The number of hydrogen-bond acceptors (Lipinski definition) is 3. The Hall–Kier alpha value is -0.870. The van der Waals surface area contributed by atoms with Gasteiger partial charge in [0.1, 0.15) is 0 Å². The van der Waals surface area contributed by atoms with Gasteiger partial charge in [-0.1, -0.05) is 0 Å². The van der Waals surface area contributed by atoms with Crippen molar-refractivity contribution in [2.24, 2.45) is 0 Å². The third kappa shape index (κ3) is 2.54. The van der Waals surface area contributed by atoms with Crippen molar-refractivity contribution >= 4 is 17.2 Å². The van der Waals surface area contributed by atoms with Crippen LogP contribution in [0.25, 0.3) is 0 Å². The number of hydrogen-bond donors (Lipinski definition) is 2. The maximum Gasteiger partial charge on any atom is 0.252 e. The van der Waals surface area contributed by atoms with Crippen LogP contribution in [0, 0.1) is 6.92 Å². The lowest BCUT2D eigenvalue weighted by Crippen LogP contribution is -2.35. The Kier molecular flexibility index (Phi) is 3.45. The van der Waals surface area contributed by atoms with E-state index in [4.69, 9.17) is 5.11 Å². The van der Waals surface area contributed by atoms with Gasteiger partial charge >= 0.3 is 0 Å². The van der Waals surface area contributed by atoms with Crippen molar-refractivity contribution in [2.45, 2.75) is 19.9 Å². The molecule has 72 valence electrons. The first-order valence-corrected chi connectivity index (χ1v) is 5.04. The molecule has 0 aliphatic rings. The van der Waals surface area contributed by atoms with Crippen LogP contribution < -0.4 is 5.32 Å². The van der Waals surface area contributed by atoms with Crippen molar-refractivity contribution in [1.29, 1.82) is 0 Å². The smallest absolute Gasteiger partial charge is 0.252 e. The molecule has 1 amide bonds. The van der Waals surface area contributed by atoms with Gasteiger partial charge in [-0.3, -0.25) is 4.79 Å². The van der Waals surface area contributed by atoms with E-state index >= 15 is 0 Å². The summed E-state index contributed by atoms with van der Waals surface area (Å²) in [6, 6.07) is -0.188. The lowest BCUT2D eigenvalue weighted by Gasteiger charge is -2.09. The highest BCUT2D eigenvalue weighted by Crippen LogP contribution is 2.13. The Bertz CT molecular complexity index is 296. The Labute approximate surface area is 81.4 Å². The highest BCUT2D eigenvalue weighted by atomic mass is 32.1. The summed E-state index contributed by atoms with van der Waals surface area (Å²) in [7, 11) is 0. The lowest BCUT2D eigenvalue weighted by molar-refractivity contribution is 0.0922. The van der Waals surface area contributed by atoms with E-state index in [0.29, 0.717) is 5.56 Å². The van der Waals surface area contributed by atoms with Crippen LogP contribution in [0.15, 0.2) is 10.8 Å². The van der Waals surface area contributed by atoms with Gasteiger partial charge in [0.2, 0.25) is 0 Å². The van der Waals surface area contributed by atoms with Gasteiger partial charge < -0.3 is 10.4 Å². The Morgan fingerprint density at radius 3 is 2.85 bits per heavy atom. The quantitative estimate of drug-likeness (QED) is 0.767. The van der Waals surface area contributed by atoms with Gasteiger partial charge in [-0.05, 0) is 24.8 Å². The fourth-order valence-electron chi connectivity index (χ4n) is 0.940. The van der Waals surface area contributed by atoms with Gasteiger partial charge in [-0.15, -0.1) is 0 Å². The number of amides is 1. The van der Waals surface area contributed by atoms with E-state index < -0.39 is 0 Å². The molecule has 0 bridgehead atoms. The second kappa shape index (κ2) is 4.39. The molecule has 0 aromatic carbocycles. The molecule has 4 heteroatoms. The summed E-state index contributed by atoms with van der Waals surface area (Å²) in [5.74, 6) is -0.111. The zero-order chi connectivity index (χ0) is 9.84. The van der Waals surface area contributed by atoms with Crippen LogP contribution >= 0.6 is 11.3 Å². The van der Waals surface area contributed by atoms with E-state index in [0.717, 1.165) is 5.56 Å². The predicted octanol–water partition coefficient (Wildman–Crippen LogP) is 1.17. The molecule has 1 unspecified atom stereocenters. The summed E-state index contributed by atoms with van der Waals surface area (Å²) in [6.45, 7) is 3.63. The average molecular weight is 199 g/mol. The van der Waals surface area contributed by atoms with Crippen LogP contribution in [-0.4, -0.2) is 23.7 Å². The fourth-order valence-corrected chi connectivity index (χ4v) is 1.77. The zero-order valence-corrected chi connectivity index (χ0v) is 8.52. The van der Waals surface area contributed by atoms with Gasteiger partial charge in [0.25, 0.3) is 5.91 Å². The summed E-state index contributed by atoms with van der Waals surface area (Å²) >= 11 is 1.51. The molecular weight excluding hydrogens is 186 g/mol. The number of carbonyl (C=O) groups excluding carboxylic acids is 1. The Balaban J connectivity index is 2.64. The largest absolute Gasteiger partial charge is 0.394 e. The van der Waals surface area contributed by atoms with Crippen molar-refractivity contribution in [2.75, 3.05) is 6.61 Å². The number of nitrogens with one attached hydrogen (secondary N) is 1. The summed E-state index contributed by atoms with van der Waals surface area (Å²) in [5, 5.41) is 15.2. The summed E-state index contributed by atoms with van der Waals surface area (Å²) in [5.41, 5.74) is 1.68. The molecule has 0 aliphatic carbocycles. The molecule has 1 heterocycles. The third-order valence-electron chi connectivity index (χ3n) is 1.75. The maximum atomic E-state index is 11.5. The van der Waals surface area contributed by atoms with E-state index in [2.05, 4.69) is 5.32 Å². The van der Waals surface area contributed by atoms with Crippen molar-refractivity contribution in [3.05, 3.63) is 21.9 Å². The predicted molar refractivity (Wildman–Crippen MR) is 53.1 cm³/mol. The molecule has 0 saturated carbocycles. The molecular formula is C9H13NO2S. The van der Waals surface area contributed by atoms with Crippen molar-refractivity contribution in [1.82, 2.24) is 5.32 Å². The standard InChI is InChI=1S/C9H13NO2S/c1-6-4-13-5-8(6)9(12)10-7(2)3-11/h4-5,7,11H,3H2,1-2H3,(H,10,12). The minimum Gasteiger partial charge on any atom is -0.394 e. The monoisotopic (exact) mass is 199 g/mol. The number of carbonyl (C=O) groups is 1. The fraction of sp³-hybridized carbons (Fsp3) is 0.444. The first-order chi connectivity index (χ1) is 6.15. The van der Waals surface area contributed by atoms with E-state index in [9.17, 15) is 4.79 Å². The SMILES string of the molecule is Cc1cscc1C(=O)NC(C)CO. The number of aryl methyl sites for hydroxylation is 1. The molecule has 0 spiro atoms. The highest BCUT2D eigenvalue weighted by Gasteiger charge is 2.11. The number of aliphatic hydroxyl groups is 1. The molecule has 0 saturated heterocycles. The van der Waals surface area contributed by atoms with Gasteiger partial charge in [-0.25, -0.2) is 0 Å². The Morgan fingerprint density at radius 2 is 2.38 bits per heavy atom. The lowest BCUT2D eigenvalue weighted by atomic mass is 10.2. The molecule has 1 aromatic heterocycles. The Morgan fingerprint density at radius 1 is 1.69 bits per heavy atom. The van der Waals surface area contributed by atoms with Crippen molar-refractivity contribution < 1.29 is 9.90 Å². The van der Waals surface area contributed by atoms with Crippen LogP contribution in [0.3, 0.4) is 0 Å². The molecule has 0 aliphatic heterocycles. The first-order valence-electron chi connectivity index (χ1n) is 4.09. The number of rotatable bonds is 3. The van der Waals surface area contributed by atoms with Crippen LogP contribution in [0.2, 0.25) is 0 Å². The maximum absolute atomic E-state index is 11.5. The first kappa shape index (κ1) is 10.2. The number of aliphatic hydroxyl groups excluding tert-OH is 1. The molecule has 0 fully saturated rings. The topological polar surface area (TPSA) is 49.3 Å². The molecule has 2 N–H and O–H groups in total. The van der Waals surface area contributed by atoms with Gasteiger partial charge in [0.05, 0.1) is 12.2 Å². The second-order valence-corrected chi connectivity index (χ2v) is 3.77. The van der Waals surface area contributed by atoms with Crippen LogP contribution in [0.5, 0.6) is 0 Å². The van der Waals surface area contributed by atoms with Crippen molar-refractivity contribution in [3.8, 4) is 0 Å². The molecule has 1 aromatic rings. The average Bonchev–Trinajstić information content (AvgIpc) is 2.51. The van der Waals surface area contributed by atoms with E-state index in [1.807, 2.05) is 17.7 Å². The minimum absolute atomic E-state index is 0.0328.